The monoisotopic (exact) mass is 368 g/mol. The maximum absolute atomic E-state index is 13.2. The highest BCUT2D eigenvalue weighted by atomic mass is 16.3. The fourth-order valence-corrected chi connectivity index (χ4v) is 5.47. The van der Waals surface area contributed by atoms with Gasteiger partial charge in [-0.25, -0.2) is 0 Å². The Hall–Kier alpha value is -2.37. The van der Waals surface area contributed by atoms with Crippen molar-refractivity contribution in [2.24, 2.45) is 23.7 Å². The molecule has 0 spiro atoms. The van der Waals surface area contributed by atoms with Gasteiger partial charge in [0, 0.05) is 13.1 Å². The van der Waals surface area contributed by atoms with E-state index in [1.54, 1.807) is 12.1 Å². The molecule has 4 aliphatic rings. The summed E-state index contributed by atoms with van der Waals surface area (Å²) in [6.07, 6.45) is 9.88. The first-order valence-corrected chi connectivity index (χ1v) is 10.0. The van der Waals surface area contributed by atoms with E-state index in [4.69, 9.17) is 4.42 Å². The van der Waals surface area contributed by atoms with Crippen molar-refractivity contribution in [3.63, 3.8) is 0 Å². The number of allylic oxidation sites excluding steroid dienone is 2. The lowest BCUT2D eigenvalue weighted by Crippen LogP contribution is -2.41. The molecule has 1 aromatic heterocycles. The van der Waals surface area contributed by atoms with Crippen molar-refractivity contribution in [2.45, 2.75) is 38.1 Å². The van der Waals surface area contributed by atoms with Crippen LogP contribution >= 0.6 is 0 Å². The van der Waals surface area contributed by atoms with Gasteiger partial charge in [-0.15, -0.1) is 0 Å². The average molecular weight is 368 g/mol. The summed E-state index contributed by atoms with van der Waals surface area (Å²) in [5.74, 6) is 0.0691. The van der Waals surface area contributed by atoms with Crippen molar-refractivity contribution in [1.82, 2.24) is 9.80 Å². The minimum absolute atomic E-state index is 0.00476. The molecule has 3 heterocycles. The van der Waals surface area contributed by atoms with E-state index in [0.717, 1.165) is 38.8 Å². The van der Waals surface area contributed by atoms with E-state index < -0.39 is 6.04 Å². The Morgan fingerprint density at radius 3 is 2.33 bits per heavy atom. The van der Waals surface area contributed by atoms with Crippen LogP contribution in [0.1, 0.15) is 43.9 Å². The second-order valence-electron chi connectivity index (χ2n) is 8.22. The molecule has 6 heteroatoms. The minimum Gasteiger partial charge on any atom is -0.467 e. The van der Waals surface area contributed by atoms with Gasteiger partial charge < -0.3 is 9.32 Å². The number of piperidine rings is 1. The van der Waals surface area contributed by atoms with Gasteiger partial charge in [0.25, 0.3) is 0 Å². The van der Waals surface area contributed by atoms with Gasteiger partial charge in [0.15, 0.2) is 0 Å². The zero-order valence-corrected chi connectivity index (χ0v) is 15.3. The number of hydrogen-bond donors (Lipinski definition) is 0. The van der Waals surface area contributed by atoms with Crippen LogP contribution in [0, 0.1) is 23.7 Å². The van der Waals surface area contributed by atoms with Gasteiger partial charge in [-0.1, -0.05) is 12.2 Å². The van der Waals surface area contributed by atoms with Gasteiger partial charge in [-0.3, -0.25) is 19.3 Å². The van der Waals surface area contributed by atoms with Crippen LogP contribution in [0.5, 0.6) is 0 Å². The second kappa shape index (κ2) is 6.36. The first-order valence-electron chi connectivity index (χ1n) is 10.0. The van der Waals surface area contributed by atoms with Crippen molar-refractivity contribution >= 4 is 17.7 Å². The summed E-state index contributed by atoms with van der Waals surface area (Å²) in [7, 11) is 0. The summed E-state index contributed by atoms with van der Waals surface area (Å²) < 4.78 is 5.55. The molecule has 5 unspecified atom stereocenters. The van der Waals surface area contributed by atoms with Crippen LogP contribution in [0.2, 0.25) is 0 Å². The Balaban J connectivity index is 1.42. The largest absolute Gasteiger partial charge is 0.467 e. The number of furan rings is 1. The molecule has 3 amide bonds. The van der Waals surface area contributed by atoms with Crippen LogP contribution in [0.15, 0.2) is 35.0 Å². The van der Waals surface area contributed by atoms with Crippen LogP contribution in [0.4, 0.5) is 0 Å². The third-order valence-electron chi connectivity index (χ3n) is 6.76. The van der Waals surface area contributed by atoms with Crippen LogP contribution in [0.25, 0.3) is 0 Å². The number of amides is 3. The number of nitrogens with zero attached hydrogens (tertiary/aromatic N) is 2. The fourth-order valence-electron chi connectivity index (χ4n) is 5.47. The highest BCUT2D eigenvalue weighted by Crippen LogP contribution is 2.54. The number of likely N-dealkylation sites (tertiary alicyclic amines) is 2. The zero-order chi connectivity index (χ0) is 18.5. The molecule has 0 aromatic carbocycles. The quantitative estimate of drug-likeness (QED) is 0.605. The molecule has 2 aliphatic heterocycles. The van der Waals surface area contributed by atoms with E-state index in [1.807, 2.05) is 4.90 Å². The molecule has 2 bridgehead atoms. The van der Waals surface area contributed by atoms with Crippen LogP contribution in [0.3, 0.4) is 0 Å². The van der Waals surface area contributed by atoms with E-state index in [-0.39, 0.29) is 47.8 Å². The molecule has 2 aliphatic carbocycles. The van der Waals surface area contributed by atoms with E-state index in [9.17, 15) is 14.4 Å². The van der Waals surface area contributed by atoms with Crippen molar-refractivity contribution in [1.29, 1.82) is 0 Å². The Kier molecular flexibility index (Phi) is 3.95. The molecule has 2 saturated heterocycles. The molecule has 5 atom stereocenters. The van der Waals surface area contributed by atoms with E-state index in [0.29, 0.717) is 5.76 Å². The van der Waals surface area contributed by atoms with Crippen molar-refractivity contribution < 1.29 is 18.8 Å². The average Bonchev–Trinajstić information content (AvgIpc) is 3.46. The number of hydrogen-bond acceptors (Lipinski definition) is 4. The summed E-state index contributed by atoms with van der Waals surface area (Å²) >= 11 is 0. The topological polar surface area (TPSA) is 70.8 Å². The number of carbonyl (C=O) groups is 3. The van der Waals surface area contributed by atoms with Gasteiger partial charge in [-0.05, 0) is 49.7 Å². The Labute approximate surface area is 158 Å². The Bertz CT molecular complexity index is 763. The highest BCUT2D eigenvalue weighted by molar-refractivity contribution is 6.07. The van der Waals surface area contributed by atoms with Gasteiger partial charge in [0.1, 0.15) is 11.8 Å². The standard InChI is InChI=1S/C21H24N2O4/c24-17(22-8-2-1-3-9-22)12-15(16-5-4-10-27-16)23-20(25)18-13-6-7-14(11-13)19(18)21(23)26/h4-7,10,13-15,18-19H,1-3,8-9,11-12H2. The third kappa shape index (κ3) is 2.57. The number of carbonyl (C=O) groups excluding carboxylic acids is 3. The fraction of sp³-hybridized carbons (Fsp3) is 0.571. The van der Waals surface area contributed by atoms with Crippen LogP contribution < -0.4 is 0 Å². The van der Waals surface area contributed by atoms with Gasteiger partial charge >= 0.3 is 0 Å². The Morgan fingerprint density at radius 2 is 1.74 bits per heavy atom. The lowest BCUT2D eigenvalue weighted by Gasteiger charge is -2.31. The predicted octanol–water partition coefficient (Wildman–Crippen LogP) is 2.53. The zero-order valence-electron chi connectivity index (χ0n) is 15.3. The molecule has 1 saturated carbocycles. The molecular formula is C21H24N2O4. The molecule has 6 nitrogen and oxygen atoms in total. The summed E-state index contributed by atoms with van der Waals surface area (Å²) in [4.78, 5) is 42.5. The molecule has 0 N–H and O–H groups in total. The van der Waals surface area contributed by atoms with Crippen molar-refractivity contribution in [2.75, 3.05) is 13.1 Å². The van der Waals surface area contributed by atoms with E-state index in [2.05, 4.69) is 12.2 Å². The number of fused-ring (bicyclic) bond motifs is 5. The summed E-state index contributed by atoms with van der Waals surface area (Å²) in [6, 6.07) is 2.86. The summed E-state index contributed by atoms with van der Waals surface area (Å²) in [5.41, 5.74) is 0. The summed E-state index contributed by atoms with van der Waals surface area (Å²) in [5, 5.41) is 0. The molecule has 3 fully saturated rings. The summed E-state index contributed by atoms with van der Waals surface area (Å²) in [6.45, 7) is 1.51. The van der Waals surface area contributed by atoms with Crippen LogP contribution in [-0.4, -0.2) is 40.6 Å². The molecule has 5 rings (SSSR count). The van der Waals surface area contributed by atoms with Gasteiger partial charge in [-0.2, -0.15) is 0 Å². The normalized spacial score (nSPS) is 33.0. The lowest BCUT2D eigenvalue weighted by atomic mass is 9.85. The smallest absolute Gasteiger partial charge is 0.234 e. The number of imide groups is 1. The molecule has 0 radical (unpaired) electrons. The van der Waals surface area contributed by atoms with E-state index in [1.165, 1.54) is 11.2 Å². The number of rotatable bonds is 4. The molecule has 1 aromatic rings. The van der Waals surface area contributed by atoms with Crippen molar-refractivity contribution in [3.05, 3.63) is 36.3 Å². The van der Waals surface area contributed by atoms with Crippen LogP contribution in [-0.2, 0) is 14.4 Å². The van der Waals surface area contributed by atoms with Gasteiger partial charge in [0.2, 0.25) is 17.7 Å². The van der Waals surface area contributed by atoms with E-state index >= 15 is 0 Å². The third-order valence-corrected chi connectivity index (χ3v) is 6.76. The van der Waals surface area contributed by atoms with Crippen molar-refractivity contribution in [3.8, 4) is 0 Å². The predicted molar refractivity (Wildman–Crippen MR) is 96.1 cm³/mol. The second-order valence-corrected chi connectivity index (χ2v) is 8.22. The first-order chi connectivity index (χ1) is 13.1. The molecule has 27 heavy (non-hydrogen) atoms. The Morgan fingerprint density at radius 1 is 1.07 bits per heavy atom. The maximum Gasteiger partial charge on any atom is 0.234 e. The molecular weight excluding hydrogens is 344 g/mol. The maximum atomic E-state index is 13.2. The first kappa shape index (κ1) is 16.8. The lowest BCUT2D eigenvalue weighted by molar-refractivity contribution is -0.146. The SMILES string of the molecule is O=C(CC(c1ccco1)N1C(=O)C2C3C=CC(C3)C2C1=O)N1CCCCC1. The molecule has 142 valence electrons. The minimum atomic E-state index is -0.639. The highest BCUT2D eigenvalue weighted by Gasteiger charge is 2.60. The van der Waals surface area contributed by atoms with Gasteiger partial charge in [0.05, 0.1) is 24.5 Å².